The molecule has 4 nitrogen and oxygen atoms in total. The lowest BCUT2D eigenvalue weighted by Crippen LogP contribution is -2.02. The van der Waals surface area contributed by atoms with Gasteiger partial charge in [0.15, 0.2) is 16.7 Å². The van der Waals surface area contributed by atoms with Gasteiger partial charge in [0.2, 0.25) is 0 Å². The first-order chi connectivity index (χ1) is 9.65. The second-order valence-electron chi connectivity index (χ2n) is 4.12. The zero-order chi connectivity index (χ0) is 14.5. The maximum absolute atomic E-state index is 10.3. The van der Waals surface area contributed by atoms with Gasteiger partial charge in [-0.2, -0.15) is 0 Å². The van der Waals surface area contributed by atoms with Crippen LogP contribution in [0.5, 0.6) is 11.5 Å². The Morgan fingerprint density at radius 3 is 2.40 bits per heavy atom. The molecule has 1 aromatic heterocycles. The van der Waals surface area contributed by atoms with E-state index in [1.165, 1.54) is 0 Å². The van der Waals surface area contributed by atoms with E-state index in [1.807, 2.05) is 13.8 Å². The van der Waals surface area contributed by atoms with Crippen LogP contribution in [0.4, 0.5) is 0 Å². The van der Waals surface area contributed by atoms with E-state index >= 15 is 0 Å². The Morgan fingerprint density at radius 1 is 1.10 bits per heavy atom. The first kappa shape index (κ1) is 14.8. The molecule has 5 heteroatoms. The van der Waals surface area contributed by atoms with Crippen LogP contribution >= 0.6 is 11.6 Å². The number of rotatable bonds is 6. The number of aliphatic hydroxyl groups excluding tert-OH is 1. The van der Waals surface area contributed by atoms with Crippen molar-refractivity contribution in [1.29, 1.82) is 0 Å². The molecule has 0 saturated heterocycles. The van der Waals surface area contributed by atoms with E-state index < -0.39 is 6.10 Å². The minimum atomic E-state index is -0.891. The second-order valence-corrected chi connectivity index (χ2v) is 4.49. The topological polar surface area (TPSA) is 51.8 Å². The number of furan rings is 1. The van der Waals surface area contributed by atoms with Crippen LogP contribution < -0.4 is 9.47 Å². The van der Waals surface area contributed by atoms with Gasteiger partial charge in [-0.1, -0.05) is 6.07 Å². The standard InChI is InChI=1S/C15H17ClO4/c1-3-18-11-6-5-10(9-13(11)19-4-2)15(17)12-7-8-14(16)20-12/h5-9,15,17H,3-4H2,1-2H3. The van der Waals surface area contributed by atoms with Crippen molar-refractivity contribution in [2.24, 2.45) is 0 Å². The molecule has 2 rings (SSSR count). The van der Waals surface area contributed by atoms with Crippen LogP contribution in [-0.2, 0) is 0 Å². The number of aliphatic hydroxyl groups is 1. The highest BCUT2D eigenvalue weighted by molar-refractivity contribution is 6.28. The highest BCUT2D eigenvalue weighted by atomic mass is 35.5. The van der Waals surface area contributed by atoms with Crippen molar-refractivity contribution in [2.45, 2.75) is 20.0 Å². The molecule has 0 aliphatic rings. The maximum atomic E-state index is 10.3. The van der Waals surface area contributed by atoms with E-state index in [0.717, 1.165) is 0 Å². The third-order valence-corrected chi connectivity index (χ3v) is 2.95. The second kappa shape index (κ2) is 6.68. The van der Waals surface area contributed by atoms with Crippen molar-refractivity contribution in [3.8, 4) is 11.5 Å². The predicted octanol–water partition coefficient (Wildman–Crippen LogP) is 3.81. The van der Waals surface area contributed by atoms with Crippen molar-refractivity contribution in [3.05, 3.63) is 46.9 Å². The zero-order valence-electron chi connectivity index (χ0n) is 11.4. The third-order valence-electron chi connectivity index (χ3n) is 2.75. The molecule has 20 heavy (non-hydrogen) atoms. The largest absolute Gasteiger partial charge is 0.490 e. The van der Waals surface area contributed by atoms with Gasteiger partial charge in [-0.3, -0.25) is 0 Å². The molecular formula is C15H17ClO4. The van der Waals surface area contributed by atoms with Crippen LogP contribution in [0.2, 0.25) is 5.22 Å². The van der Waals surface area contributed by atoms with Crippen LogP contribution in [0.1, 0.15) is 31.3 Å². The molecule has 0 bridgehead atoms. The lowest BCUT2D eigenvalue weighted by atomic mass is 10.1. The molecule has 0 aliphatic carbocycles. The van der Waals surface area contributed by atoms with E-state index in [4.69, 9.17) is 25.5 Å². The first-order valence-electron chi connectivity index (χ1n) is 6.48. The van der Waals surface area contributed by atoms with Crippen LogP contribution in [0.25, 0.3) is 0 Å². The average Bonchev–Trinajstić information content (AvgIpc) is 2.87. The van der Waals surface area contributed by atoms with Gasteiger partial charge in [-0.15, -0.1) is 0 Å². The third kappa shape index (κ3) is 3.26. The molecule has 1 aromatic carbocycles. The Balaban J connectivity index is 2.29. The molecule has 1 N–H and O–H groups in total. The lowest BCUT2D eigenvalue weighted by Gasteiger charge is -2.14. The van der Waals surface area contributed by atoms with E-state index in [-0.39, 0.29) is 5.22 Å². The van der Waals surface area contributed by atoms with Gasteiger partial charge in [0.25, 0.3) is 0 Å². The average molecular weight is 297 g/mol. The Kier molecular flexibility index (Phi) is 4.93. The molecule has 0 amide bonds. The molecule has 0 aliphatic heterocycles. The maximum Gasteiger partial charge on any atom is 0.193 e. The van der Waals surface area contributed by atoms with Gasteiger partial charge >= 0.3 is 0 Å². The minimum absolute atomic E-state index is 0.245. The number of hydrogen-bond acceptors (Lipinski definition) is 4. The minimum Gasteiger partial charge on any atom is -0.490 e. The monoisotopic (exact) mass is 296 g/mol. The molecular weight excluding hydrogens is 280 g/mol. The summed E-state index contributed by atoms with van der Waals surface area (Å²) in [6, 6.07) is 8.53. The Hall–Kier alpha value is -1.65. The van der Waals surface area contributed by atoms with Crippen molar-refractivity contribution < 1.29 is 19.0 Å². The van der Waals surface area contributed by atoms with Crippen molar-refractivity contribution in [3.63, 3.8) is 0 Å². The van der Waals surface area contributed by atoms with Crippen LogP contribution in [0.3, 0.4) is 0 Å². The van der Waals surface area contributed by atoms with Gasteiger partial charge in [0, 0.05) is 0 Å². The van der Waals surface area contributed by atoms with E-state index in [9.17, 15) is 5.11 Å². The van der Waals surface area contributed by atoms with Gasteiger partial charge in [0.05, 0.1) is 13.2 Å². The summed E-state index contributed by atoms with van der Waals surface area (Å²) < 4.78 is 16.2. The Morgan fingerprint density at radius 2 is 1.80 bits per heavy atom. The van der Waals surface area contributed by atoms with E-state index in [0.29, 0.717) is 36.0 Å². The molecule has 108 valence electrons. The van der Waals surface area contributed by atoms with Gasteiger partial charge in [-0.05, 0) is 55.3 Å². The number of hydrogen-bond donors (Lipinski definition) is 1. The molecule has 2 aromatic rings. The zero-order valence-corrected chi connectivity index (χ0v) is 12.2. The fraction of sp³-hybridized carbons (Fsp3) is 0.333. The summed E-state index contributed by atoms with van der Waals surface area (Å²) in [5.41, 5.74) is 0.655. The van der Waals surface area contributed by atoms with Crippen molar-refractivity contribution in [1.82, 2.24) is 0 Å². The SMILES string of the molecule is CCOc1ccc(C(O)c2ccc(Cl)o2)cc1OCC. The molecule has 0 spiro atoms. The molecule has 1 unspecified atom stereocenters. The summed E-state index contributed by atoms with van der Waals surface area (Å²) in [5, 5.41) is 10.5. The highest BCUT2D eigenvalue weighted by Gasteiger charge is 2.17. The fourth-order valence-electron chi connectivity index (χ4n) is 1.88. The summed E-state index contributed by atoms with van der Waals surface area (Å²) in [6.45, 7) is 4.87. The Bertz CT molecular complexity index is 565. The lowest BCUT2D eigenvalue weighted by molar-refractivity contribution is 0.188. The summed E-state index contributed by atoms with van der Waals surface area (Å²) in [7, 11) is 0. The number of benzene rings is 1. The number of halogens is 1. The quantitative estimate of drug-likeness (QED) is 0.880. The number of ether oxygens (including phenoxy) is 2. The van der Waals surface area contributed by atoms with E-state index in [1.54, 1.807) is 30.3 Å². The van der Waals surface area contributed by atoms with Crippen LogP contribution in [0, 0.1) is 0 Å². The summed E-state index contributed by atoms with van der Waals surface area (Å²) in [4.78, 5) is 0. The summed E-state index contributed by atoms with van der Waals surface area (Å²) in [5.74, 6) is 1.65. The molecule has 0 fully saturated rings. The smallest absolute Gasteiger partial charge is 0.193 e. The van der Waals surface area contributed by atoms with Gasteiger partial charge in [0.1, 0.15) is 11.9 Å². The molecule has 0 saturated carbocycles. The van der Waals surface area contributed by atoms with E-state index in [2.05, 4.69) is 0 Å². The molecule has 0 radical (unpaired) electrons. The summed E-state index contributed by atoms with van der Waals surface area (Å²) in [6.07, 6.45) is -0.891. The normalized spacial score (nSPS) is 12.2. The van der Waals surface area contributed by atoms with Crippen molar-refractivity contribution in [2.75, 3.05) is 13.2 Å². The van der Waals surface area contributed by atoms with Crippen LogP contribution in [0.15, 0.2) is 34.7 Å². The van der Waals surface area contributed by atoms with Crippen LogP contribution in [-0.4, -0.2) is 18.3 Å². The summed E-state index contributed by atoms with van der Waals surface area (Å²) >= 11 is 5.72. The fourth-order valence-corrected chi connectivity index (χ4v) is 2.03. The van der Waals surface area contributed by atoms with Gasteiger partial charge in [-0.25, -0.2) is 0 Å². The van der Waals surface area contributed by atoms with Gasteiger partial charge < -0.3 is 19.0 Å². The Labute approximate surface area is 122 Å². The highest BCUT2D eigenvalue weighted by Crippen LogP contribution is 2.33. The molecule has 1 heterocycles. The predicted molar refractivity (Wildman–Crippen MR) is 76.6 cm³/mol. The first-order valence-corrected chi connectivity index (χ1v) is 6.86. The van der Waals surface area contributed by atoms with Crippen molar-refractivity contribution >= 4 is 11.6 Å². The molecule has 1 atom stereocenters.